The van der Waals surface area contributed by atoms with Crippen LogP contribution in [0.3, 0.4) is 0 Å². The molecule has 0 radical (unpaired) electrons. The van der Waals surface area contributed by atoms with Crippen molar-refractivity contribution in [3.05, 3.63) is 15.8 Å². The van der Waals surface area contributed by atoms with Crippen LogP contribution in [-0.2, 0) is 0 Å². The van der Waals surface area contributed by atoms with Crippen molar-refractivity contribution in [1.82, 2.24) is 0 Å². The third-order valence-electron chi connectivity index (χ3n) is 1.21. The molecule has 11 heavy (non-hydrogen) atoms. The summed E-state index contributed by atoms with van der Waals surface area (Å²) in [5.41, 5.74) is 0.901. The van der Waals surface area contributed by atoms with E-state index >= 15 is 0 Å². The summed E-state index contributed by atoms with van der Waals surface area (Å²) in [7, 11) is 0. The molecule has 0 amide bonds. The number of nitrogens with one attached hydrogen (secondary N) is 1. The van der Waals surface area contributed by atoms with Crippen molar-refractivity contribution in [2.45, 2.75) is 13.0 Å². The van der Waals surface area contributed by atoms with Crippen LogP contribution in [0.2, 0.25) is 4.34 Å². The summed E-state index contributed by atoms with van der Waals surface area (Å²) < 4.78 is 0.741. The fourth-order valence-corrected chi connectivity index (χ4v) is 1.55. The second kappa shape index (κ2) is 3.95. The van der Waals surface area contributed by atoms with Crippen LogP contribution in [0.5, 0.6) is 0 Å². The van der Waals surface area contributed by atoms with Crippen molar-refractivity contribution in [2.75, 3.05) is 11.9 Å². The number of hydrogen-bond acceptors (Lipinski definition) is 3. The number of aliphatic hydroxyl groups excluding tert-OH is 1. The minimum atomic E-state index is -0.342. The minimum absolute atomic E-state index is 0.342. The number of halogens is 1. The van der Waals surface area contributed by atoms with Crippen molar-refractivity contribution in [3.63, 3.8) is 0 Å². The maximum absolute atomic E-state index is 8.94. The van der Waals surface area contributed by atoms with E-state index in [4.69, 9.17) is 16.7 Å². The van der Waals surface area contributed by atoms with Gasteiger partial charge in [0.2, 0.25) is 0 Å². The molecule has 1 aromatic heterocycles. The van der Waals surface area contributed by atoms with Gasteiger partial charge in [-0.2, -0.15) is 0 Å². The fourth-order valence-electron chi connectivity index (χ4n) is 0.677. The smallest absolute Gasteiger partial charge is 0.116 e. The number of aliphatic hydroxyl groups is 1. The molecule has 0 spiro atoms. The molecule has 0 aliphatic carbocycles. The predicted molar refractivity (Wildman–Crippen MR) is 49.5 cm³/mol. The van der Waals surface area contributed by atoms with Crippen molar-refractivity contribution < 1.29 is 5.11 Å². The fraction of sp³-hybridized carbons (Fsp3) is 0.429. The highest BCUT2D eigenvalue weighted by Crippen LogP contribution is 2.27. The van der Waals surface area contributed by atoms with E-state index in [1.807, 2.05) is 11.4 Å². The van der Waals surface area contributed by atoms with Gasteiger partial charge in [-0.3, -0.25) is 0 Å². The molecule has 0 saturated heterocycles. The van der Waals surface area contributed by atoms with Gasteiger partial charge in [0.05, 0.1) is 11.8 Å². The largest absolute Gasteiger partial charge is 0.392 e. The lowest BCUT2D eigenvalue weighted by atomic mass is 10.4. The monoisotopic (exact) mass is 191 g/mol. The first kappa shape index (κ1) is 8.84. The Hall–Kier alpha value is -0.250. The first-order valence-electron chi connectivity index (χ1n) is 3.35. The van der Waals surface area contributed by atoms with E-state index in [1.54, 1.807) is 6.92 Å². The molecule has 62 valence electrons. The Morgan fingerprint density at radius 3 is 3.00 bits per heavy atom. The Morgan fingerprint density at radius 2 is 2.55 bits per heavy atom. The predicted octanol–water partition coefficient (Wildman–Crippen LogP) is 2.19. The van der Waals surface area contributed by atoms with Crippen LogP contribution in [0.15, 0.2) is 11.4 Å². The highest BCUT2D eigenvalue weighted by Gasteiger charge is 2.00. The Bertz CT molecular complexity index is 224. The number of thiophene rings is 1. The SMILES string of the molecule is C[C@H](O)CNc1ccsc1Cl. The molecule has 1 rings (SSSR count). The first-order chi connectivity index (χ1) is 5.20. The van der Waals surface area contributed by atoms with Gasteiger partial charge in [0.15, 0.2) is 0 Å². The first-order valence-corrected chi connectivity index (χ1v) is 4.61. The van der Waals surface area contributed by atoms with Crippen molar-refractivity contribution >= 4 is 28.6 Å². The van der Waals surface area contributed by atoms with Gasteiger partial charge in [0, 0.05) is 6.54 Å². The zero-order valence-corrected chi connectivity index (χ0v) is 7.75. The molecule has 0 aliphatic rings. The summed E-state index contributed by atoms with van der Waals surface area (Å²) in [5.74, 6) is 0. The van der Waals surface area contributed by atoms with E-state index < -0.39 is 0 Å². The molecule has 4 heteroatoms. The van der Waals surface area contributed by atoms with Crippen molar-refractivity contribution in [2.24, 2.45) is 0 Å². The summed E-state index contributed by atoms with van der Waals surface area (Å²) in [4.78, 5) is 0. The molecule has 2 N–H and O–H groups in total. The lowest BCUT2D eigenvalue weighted by molar-refractivity contribution is 0.208. The summed E-state index contributed by atoms with van der Waals surface area (Å²) in [5, 5.41) is 13.9. The van der Waals surface area contributed by atoms with Gasteiger partial charge in [-0.05, 0) is 18.4 Å². The standard InChI is InChI=1S/C7H10ClNOS/c1-5(10)4-9-6-2-3-11-7(6)8/h2-3,5,9-10H,4H2,1H3/t5-/m0/s1. The number of hydrogen-bond donors (Lipinski definition) is 2. The molecule has 2 nitrogen and oxygen atoms in total. The average molecular weight is 192 g/mol. The molecule has 0 aliphatic heterocycles. The molecule has 0 saturated carbocycles. The van der Waals surface area contributed by atoms with Gasteiger partial charge in [-0.25, -0.2) is 0 Å². The van der Waals surface area contributed by atoms with E-state index in [0.717, 1.165) is 10.0 Å². The zero-order valence-electron chi connectivity index (χ0n) is 6.17. The van der Waals surface area contributed by atoms with Crippen LogP contribution in [0, 0.1) is 0 Å². The van der Waals surface area contributed by atoms with E-state index in [-0.39, 0.29) is 6.10 Å². The Balaban J connectivity index is 2.44. The molecular formula is C7H10ClNOS. The second-order valence-corrected chi connectivity index (χ2v) is 3.86. The highest BCUT2D eigenvalue weighted by molar-refractivity contribution is 7.15. The molecule has 0 aromatic carbocycles. The molecule has 0 bridgehead atoms. The zero-order chi connectivity index (χ0) is 8.27. The van der Waals surface area contributed by atoms with E-state index in [9.17, 15) is 0 Å². The van der Waals surface area contributed by atoms with Crippen LogP contribution in [0.1, 0.15) is 6.92 Å². The molecule has 0 unspecified atom stereocenters. The lowest BCUT2D eigenvalue weighted by Gasteiger charge is -2.05. The van der Waals surface area contributed by atoms with E-state index in [2.05, 4.69) is 5.32 Å². The molecule has 0 fully saturated rings. The topological polar surface area (TPSA) is 32.3 Å². The second-order valence-electron chi connectivity index (χ2n) is 2.34. The maximum atomic E-state index is 8.94. The minimum Gasteiger partial charge on any atom is -0.392 e. The third-order valence-corrected chi connectivity index (χ3v) is 2.38. The summed E-state index contributed by atoms with van der Waals surface area (Å²) >= 11 is 7.28. The quantitative estimate of drug-likeness (QED) is 0.768. The molecule has 1 aromatic rings. The highest BCUT2D eigenvalue weighted by atomic mass is 35.5. The van der Waals surface area contributed by atoms with Gasteiger partial charge in [0.1, 0.15) is 4.34 Å². The Morgan fingerprint density at radius 1 is 1.82 bits per heavy atom. The summed E-state index contributed by atoms with van der Waals surface area (Å²) in [6.07, 6.45) is -0.342. The van der Waals surface area contributed by atoms with Gasteiger partial charge in [-0.1, -0.05) is 11.6 Å². The summed E-state index contributed by atoms with van der Waals surface area (Å²) in [6.45, 7) is 2.27. The normalized spacial score (nSPS) is 13.0. The van der Waals surface area contributed by atoms with Crippen LogP contribution in [-0.4, -0.2) is 17.8 Å². The van der Waals surface area contributed by atoms with Crippen LogP contribution in [0.4, 0.5) is 5.69 Å². The van der Waals surface area contributed by atoms with E-state index in [1.165, 1.54) is 11.3 Å². The van der Waals surface area contributed by atoms with Crippen molar-refractivity contribution in [1.29, 1.82) is 0 Å². The van der Waals surface area contributed by atoms with Crippen molar-refractivity contribution in [3.8, 4) is 0 Å². The Labute approximate surface area is 74.8 Å². The van der Waals surface area contributed by atoms with Crippen LogP contribution >= 0.6 is 22.9 Å². The molecule has 1 atom stereocenters. The van der Waals surface area contributed by atoms with Crippen LogP contribution < -0.4 is 5.32 Å². The third kappa shape index (κ3) is 2.69. The van der Waals surface area contributed by atoms with Gasteiger partial charge in [0.25, 0.3) is 0 Å². The van der Waals surface area contributed by atoms with Crippen LogP contribution in [0.25, 0.3) is 0 Å². The average Bonchev–Trinajstić information content (AvgIpc) is 2.31. The molecular weight excluding hydrogens is 182 g/mol. The van der Waals surface area contributed by atoms with Gasteiger partial charge >= 0.3 is 0 Å². The lowest BCUT2D eigenvalue weighted by Crippen LogP contribution is -2.14. The van der Waals surface area contributed by atoms with E-state index in [0.29, 0.717) is 6.54 Å². The Kier molecular flexibility index (Phi) is 3.17. The maximum Gasteiger partial charge on any atom is 0.116 e. The number of rotatable bonds is 3. The van der Waals surface area contributed by atoms with Gasteiger partial charge < -0.3 is 10.4 Å². The van der Waals surface area contributed by atoms with Gasteiger partial charge in [-0.15, -0.1) is 11.3 Å². The molecule has 1 heterocycles. The number of anilines is 1. The summed E-state index contributed by atoms with van der Waals surface area (Å²) in [6, 6.07) is 1.90.